The molecule has 1 fully saturated rings. The molecule has 2 atom stereocenters. The van der Waals surface area contributed by atoms with Crippen LogP contribution in [0.15, 0.2) is 4.34 Å². The summed E-state index contributed by atoms with van der Waals surface area (Å²) in [6, 6.07) is 0. The predicted molar refractivity (Wildman–Crippen MR) is 58.6 cm³/mol. The van der Waals surface area contributed by atoms with Gasteiger partial charge in [-0.3, -0.25) is 0 Å². The average molecular weight is 231 g/mol. The number of nitrogens with zero attached hydrogens (tertiary/aromatic N) is 2. The molecule has 2 heterocycles. The van der Waals surface area contributed by atoms with Crippen LogP contribution in [0.5, 0.6) is 0 Å². The first kappa shape index (κ1) is 10.2. The fourth-order valence-electron chi connectivity index (χ4n) is 1.45. The largest absolute Gasteiger partial charge is 0.374 e. The number of ether oxygens (including phenoxy) is 1. The van der Waals surface area contributed by atoms with Gasteiger partial charge in [0.15, 0.2) is 4.34 Å². The van der Waals surface area contributed by atoms with Crippen LogP contribution >= 0.6 is 23.1 Å². The molecule has 2 N–H and O–H groups in total. The van der Waals surface area contributed by atoms with Gasteiger partial charge in [0.2, 0.25) is 5.13 Å². The summed E-state index contributed by atoms with van der Waals surface area (Å²) in [5.74, 6) is 0.957. The molecular weight excluding hydrogens is 218 g/mol. The number of aromatic nitrogens is 2. The highest BCUT2D eigenvalue weighted by atomic mass is 32.2. The van der Waals surface area contributed by atoms with E-state index < -0.39 is 0 Å². The Morgan fingerprint density at radius 2 is 2.43 bits per heavy atom. The molecule has 0 saturated carbocycles. The van der Waals surface area contributed by atoms with Gasteiger partial charge >= 0.3 is 0 Å². The minimum atomic E-state index is 0.375. The predicted octanol–water partition coefficient (Wildman–Crippen LogP) is 1.78. The Hall–Kier alpha value is -0.330. The number of nitrogen functional groups attached to an aromatic ring is 1. The maximum absolute atomic E-state index is 5.69. The van der Waals surface area contributed by atoms with E-state index in [0.717, 1.165) is 16.5 Å². The van der Waals surface area contributed by atoms with Crippen molar-refractivity contribution >= 4 is 28.2 Å². The molecule has 1 aromatic heterocycles. The van der Waals surface area contributed by atoms with Crippen LogP contribution < -0.4 is 5.73 Å². The zero-order valence-electron chi connectivity index (χ0n) is 7.97. The Morgan fingerprint density at radius 1 is 1.57 bits per heavy atom. The highest BCUT2D eigenvalue weighted by Crippen LogP contribution is 2.28. The normalized spacial score (nSPS) is 26.9. The third kappa shape index (κ3) is 2.59. The quantitative estimate of drug-likeness (QED) is 0.803. The second kappa shape index (κ2) is 4.46. The van der Waals surface area contributed by atoms with Crippen molar-refractivity contribution < 1.29 is 4.74 Å². The van der Waals surface area contributed by atoms with Gasteiger partial charge < -0.3 is 10.5 Å². The molecule has 1 aromatic rings. The zero-order valence-corrected chi connectivity index (χ0v) is 9.61. The van der Waals surface area contributed by atoms with Gasteiger partial charge in [0.1, 0.15) is 0 Å². The second-order valence-electron chi connectivity index (χ2n) is 3.36. The minimum Gasteiger partial charge on any atom is -0.374 e. The van der Waals surface area contributed by atoms with E-state index in [4.69, 9.17) is 10.5 Å². The summed E-state index contributed by atoms with van der Waals surface area (Å²) in [7, 11) is 0. The van der Waals surface area contributed by atoms with E-state index in [1.54, 1.807) is 11.8 Å². The van der Waals surface area contributed by atoms with Gasteiger partial charge in [-0.2, -0.15) is 0 Å². The lowest BCUT2D eigenvalue weighted by Crippen LogP contribution is -2.10. The van der Waals surface area contributed by atoms with Crippen LogP contribution in [0.25, 0.3) is 0 Å². The Bertz CT molecular complexity index is 305. The zero-order chi connectivity index (χ0) is 9.97. The molecule has 0 amide bonds. The van der Waals surface area contributed by atoms with Crippen molar-refractivity contribution in [3.63, 3.8) is 0 Å². The molecule has 1 aliphatic rings. The van der Waals surface area contributed by atoms with Crippen LogP contribution in [0.3, 0.4) is 0 Å². The van der Waals surface area contributed by atoms with E-state index in [1.807, 2.05) is 0 Å². The van der Waals surface area contributed by atoms with Crippen molar-refractivity contribution in [2.45, 2.75) is 36.3 Å². The van der Waals surface area contributed by atoms with E-state index in [1.165, 1.54) is 17.8 Å². The average Bonchev–Trinajstić information content (AvgIpc) is 2.72. The number of thioether (sulfide) groups is 1. The molecule has 1 aliphatic heterocycles. The summed E-state index contributed by atoms with van der Waals surface area (Å²) in [4.78, 5) is 0. The SMILES string of the molecule is C[C@@H]1CC[C@H](CSc2nnc(N)s2)O1. The van der Waals surface area contributed by atoms with Crippen molar-refractivity contribution in [2.75, 3.05) is 11.5 Å². The maximum atomic E-state index is 5.69. The monoisotopic (exact) mass is 231 g/mol. The first-order valence-electron chi connectivity index (χ1n) is 4.61. The Kier molecular flexibility index (Phi) is 3.25. The summed E-state index contributed by atoms with van der Waals surface area (Å²) < 4.78 is 6.63. The first-order valence-corrected chi connectivity index (χ1v) is 6.41. The van der Waals surface area contributed by atoms with Gasteiger partial charge in [-0.05, 0) is 19.8 Å². The minimum absolute atomic E-state index is 0.375. The van der Waals surface area contributed by atoms with Crippen molar-refractivity contribution in [3.05, 3.63) is 0 Å². The third-order valence-electron chi connectivity index (χ3n) is 2.13. The Morgan fingerprint density at radius 3 is 3.00 bits per heavy atom. The van der Waals surface area contributed by atoms with Gasteiger partial charge in [0, 0.05) is 5.75 Å². The number of hydrogen-bond donors (Lipinski definition) is 1. The molecule has 4 nitrogen and oxygen atoms in total. The molecule has 0 bridgehead atoms. The third-order valence-corrected chi connectivity index (χ3v) is 4.15. The summed E-state index contributed by atoms with van der Waals surface area (Å²) in [6.45, 7) is 2.12. The molecule has 0 aliphatic carbocycles. The van der Waals surface area contributed by atoms with Crippen molar-refractivity contribution in [2.24, 2.45) is 0 Å². The topological polar surface area (TPSA) is 61.0 Å². The second-order valence-corrected chi connectivity index (χ2v) is 5.64. The standard InChI is InChI=1S/C8H13N3OS2/c1-5-2-3-6(12-5)4-13-8-11-10-7(9)14-8/h5-6H,2-4H2,1H3,(H2,9,10)/t5-,6-/m1/s1. The number of nitrogens with two attached hydrogens (primary N) is 1. The summed E-state index contributed by atoms with van der Waals surface area (Å²) in [5, 5.41) is 8.24. The van der Waals surface area contributed by atoms with Crippen LogP contribution in [0.2, 0.25) is 0 Å². The number of rotatable bonds is 3. The molecule has 0 radical (unpaired) electrons. The smallest absolute Gasteiger partial charge is 0.203 e. The molecule has 6 heteroatoms. The highest BCUT2D eigenvalue weighted by molar-refractivity contribution is 8.01. The van der Waals surface area contributed by atoms with Crippen LogP contribution in [-0.2, 0) is 4.74 Å². The van der Waals surface area contributed by atoms with E-state index in [9.17, 15) is 0 Å². The van der Waals surface area contributed by atoms with E-state index in [-0.39, 0.29) is 0 Å². The summed E-state index contributed by atoms with van der Waals surface area (Å²) in [5.41, 5.74) is 5.48. The first-order chi connectivity index (χ1) is 6.74. The van der Waals surface area contributed by atoms with Crippen LogP contribution in [0.1, 0.15) is 19.8 Å². The van der Waals surface area contributed by atoms with E-state index >= 15 is 0 Å². The summed E-state index contributed by atoms with van der Waals surface area (Å²) in [6.07, 6.45) is 3.12. The van der Waals surface area contributed by atoms with Gasteiger partial charge in [-0.15, -0.1) is 10.2 Å². The van der Waals surface area contributed by atoms with Crippen LogP contribution in [-0.4, -0.2) is 28.2 Å². The van der Waals surface area contributed by atoms with Crippen molar-refractivity contribution in [3.8, 4) is 0 Å². The fraction of sp³-hybridized carbons (Fsp3) is 0.750. The van der Waals surface area contributed by atoms with Crippen LogP contribution in [0, 0.1) is 0 Å². The molecule has 14 heavy (non-hydrogen) atoms. The van der Waals surface area contributed by atoms with E-state index in [0.29, 0.717) is 17.3 Å². The molecule has 0 aromatic carbocycles. The van der Waals surface area contributed by atoms with E-state index in [2.05, 4.69) is 17.1 Å². The van der Waals surface area contributed by atoms with Gasteiger partial charge in [-0.25, -0.2) is 0 Å². The van der Waals surface area contributed by atoms with Crippen molar-refractivity contribution in [1.29, 1.82) is 0 Å². The highest BCUT2D eigenvalue weighted by Gasteiger charge is 2.22. The molecular formula is C8H13N3OS2. The molecule has 1 saturated heterocycles. The fourth-order valence-corrected chi connectivity index (χ4v) is 3.16. The molecule has 0 unspecified atom stereocenters. The number of hydrogen-bond acceptors (Lipinski definition) is 6. The number of anilines is 1. The van der Waals surface area contributed by atoms with Crippen LogP contribution in [0.4, 0.5) is 5.13 Å². The Labute approximate surface area is 91.2 Å². The lowest BCUT2D eigenvalue weighted by Gasteiger charge is -2.08. The van der Waals surface area contributed by atoms with Crippen molar-refractivity contribution in [1.82, 2.24) is 10.2 Å². The Balaban J connectivity index is 1.77. The lowest BCUT2D eigenvalue weighted by atomic mass is 10.2. The lowest BCUT2D eigenvalue weighted by molar-refractivity contribution is 0.0700. The molecule has 78 valence electrons. The van der Waals surface area contributed by atoms with Gasteiger partial charge in [0.25, 0.3) is 0 Å². The molecule has 0 spiro atoms. The van der Waals surface area contributed by atoms with Gasteiger partial charge in [0.05, 0.1) is 12.2 Å². The van der Waals surface area contributed by atoms with Gasteiger partial charge in [-0.1, -0.05) is 23.1 Å². The molecule has 2 rings (SSSR count). The summed E-state index contributed by atoms with van der Waals surface area (Å²) >= 11 is 3.12. The maximum Gasteiger partial charge on any atom is 0.203 e.